The van der Waals surface area contributed by atoms with Gasteiger partial charge in [0.25, 0.3) is 0 Å². The highest BCUT2D eigenvalue weighted by Crippen LogP contribution is 2.67. The lowest BCUT2D eigenvalue weighted by Crippen LogP contribution is -2.55. The Labute approximate surface area is 210 Å². The van der Waals surface area contributed by atoms with E-state index >= 15 is 0 Å². The standard InChI is InChI=1S/C27H44O7S/c1-16(2)12-17(28)15-27(5,30)24-7-6-20-19-14-23(29)22-13-18(34-35(31,32)33)8-10-25(22,3)21(19)9-11-26(20,24)4/h9,16,18-20,22-24,29-30H,6-8,10-15H2,1-5H3,(H,31,32,33)/t18-,19?,20?,22?,23-,24-,25+,26-,27-/m0/s1. The first-order chi connectivity index (χ1) is 16.1. The van der Waals surface area contributed by atoms with E-state index < -0.39 is 28.2 Å². The van der Waals surface area contributed by atoms with E-state index in [9.17, 15) is 23.4 Å². The van der Waals surface area contributed by atoms with Crippen LogP contribution in [0.5, 0.6) is 0 Å². The van der Waals surface area contributed by atoms with Crippen LogP contribution < -0.4 is 0 Å². The summed E-state index contributed by atoms with van der Waals surface area (Å²) in [6, 6.07) is 0. The maximum absolute atomic E-state index is 12.6. The molecule has 4 aliphatic rings. The van der Waals surface area contributed by atoms with Gasteiger partial charge in [0, 0.05) is 12.8 Å². The lowest BCUT2D eigenvalue weighted by Gasteiger charge is -2.58. The molecule has 0 spiro atoms. The second-order valence-electron chi connectivity index (χ2n) is 13.1. The third-order valence-electron chi connectivity index (χ3n) is 10.2. The van der Waals surface area contributed by atoms with E-state index in [0.717, 1.165) is 19.3 Å². The molecule has 3 fully saturated rings. The number of Topliss-reactive ketones (excluding diaryl/α,β-unsaturated/α-hetero) is 1. The summed E-state index contributed by atoms with van der Waals surface area (Å²) in [7, 11) is -4.52. The normalized spacial score (nSPS) is 43.1. The molecule has 0 aromatic carbocycles. The summed E-state index contributed by atoms with van der Waals surface area (Å²) in [4.78, 5) is 12.6. The third-order valence-corrected chi connectivity index (χ3v) is 10.7. The Bertz CT molecular complexity index is 970. The number of carbonyl (C=O) groups is 1. The van der Waals surface area contributed by atoms with Crippen LogP contribution >= 0.6 is 0 Å². The van der Waals surface area contributed by atoms with Gasteiger partial charge in [-0.15, -0.1) is 0 Å². The predicted octanol–water partition coefficient (Wildman–Crippen LogP) is 4.48. The highest BCUT2D eigenvalue weighted by molar-refractivity contribution is 7.80. The fourth-order valence-electron chi connectivity index (χ4n) is 8.87. The molecule has 3 saturated carbocycles. The molecule has 3 N–H and O–H groups in total. The van der Waals surface area contributed by atoms with Gasteiger partial charge in [-0.05, 0) is 92.3 Å². The Morgan fingerprint density at radius 1 is 1.20 bits per heavy atom. The zero-order valence-electron chi connectivity index (χ0n) is 21.9. The number of allylic oxidation sites excluding steroid dienone is 2. The summed E-state index contributed by atoms with van der Waals surface area (Å²) >= 11 is 0. The van der Waals surface area contributed by atoms with Crippen molar-refractivity contribution in [2.75, 3.05) is 0 Å². The van der Waals surface area contributed by atoms with E-state index in [1.165, 1.54) is 5.57 Å². The van der Waals surface area contributed by atoms with Crippen molar-refractivity contribution in [3.8, 4) is 0 Å². The average Bonchev–Trinajstić information content (AvgIpc) is 3.05. The number of hydrogen-bond donors (Lipinski definition) is 3. The van der Waals surface area contributed by atoms with Crippen LogP contribution in [0, 0.1) is 40.4 Å². The molecule has 0 bridgehead atoms. The van der Waals surface area contributed by atoms with Gasteiger partial charge < -0.3 is 10.2 Å². The van der Waals surface area contributed by atoms with Crippen LogP contribution in [-0.4, -0.2) is 46.8 Å². The average molecular weight is 513 g/mol. The Morgan fingerprint density at radius 2 is 1.89 bits per heavy atom. The quantitative estimate of drug-likeness (QED) is 0.340. The molecule has 0 amide bonds. The smallest absolute Gasteiger partial charge is 0.393 e. The van der Waals surface area contributed by atoms with Crippen molar-refractivity contribution in [1.82, 2.24) is 0 Å². The van der Waals surface area contributed by atoms with Gasteiger partial charge in [0.1, 0.15) is 5.78 Å². The molecule has 4 aliphatic carbocycles. The highest BCUT2D eigenvalue weighted by Gasteiger charge is 2.61. The van der Waals surface area contributed by atoms with Gasteiger partial charge in [0.05, 0.1) is 17.8 Å². The Kier molecular flexibility index (Phi) is 7.15. The van der Waals surface area contributed by atoms with Gasteiger partial charge in [0.2, 0.25) is 0 Å². The zero-order chi connectivity index (χ0) is 26.0. The Balaban J connectivity index is 1.57. The molecule has 0 aliphatic heterocycles. The monoisotopic (exact) mass is 512 g/mol. The first kappa shape index (κ1) is 27.2. The van der Waals surface area contributed by atoms with Gasteiger partial charge in [-0.1, -0.05) is 39.3 Å². The molecule has 0 aromatic heterocycles. The van der Waals surface area contributed by atoms with Crippen molar-refractivity contribution in [2.24, 2.45) is 40.4 Å². The summed E-state index contributed by atoms with van der Waals surface area (Å²) in [6.45, 7) is 10.3. The SMILES string of the molecule is CC(C)CC(=O)C[C@](C)(O)[C@H]1CCC2C3C[C@H](O)C4C[C@@H](OS(=O)(=O)O)CC[C@]4(C)C3=CC[C@@]21C. The molecule has 0 saturated heterocycles. The number of aliphatic hydroxyl groups is 2. The van der Waals surface area contributed by atoms with Crippen molar-refractivity contribution in [1.29, 1.82) is 0 Å². The van der Waals surface area contributed by atoms with Crippen molar-refractivity contribution >= 4 is 16.2 Å². The van der Waals surface area contributed by atoms with Gasteiger partial charge in [-0.25, -0.2) is 4.18 Å². The van der Waals surface area contributed by atoms with Gasteiger partial charge in [-0.3, -0.25) is 9.35 Å². The molecule has 200 valence electrons. The van der Waals surface area contributed by atoms with Crippen molar-refractivity contribution in [3.63, 3.8) is 0 Å². The molecule has 8 heteroatoms. The maximum atomic E-state index is 12.6. The van der Waals surface area contributed by atoms with E-state index in [0.29, 0.717) is 38.0 Å². The first-order valence-corrected chi connectivity index (χ1v) is 14.7. The Hall–Kier alpha value is -0.800. The van der Waals surface area contributed by atoms with Crippen molar-refractivity contribution in [2.45, 2.75) is 110 Å². The van der Waals surface area contributed by atoms with Gasteiger partial charge in [-0.2, -0.15) is 8.42 Å². The molecule has 3 unspecified atom stereocenters. The molecule has 0 radical (unpaired) electrons. The lowest BCUT2D eigenvalue weighted by atomic mass is 9.47. The minimum atomic E-state index is -4.52. The number of aliphatic hydroxyl groups excluding tert-OH is 1. The summed E-state index contributed by atoms with van der Waals surface area (Å²) in [5.41, 5.74) is -0.0523. The summed E-state index contributed by atoms with van der Waals surface area (Å²) in [5, 5.41) is 22.8. The topological polar surface area (TPSA) is 121 Å². The zero-order valence-corrected chi connectivity index (χ0v) is 22.7. The fourth-order valence-corrected chi connectivity index (χ4v) is 9.39. The predicted molar refractivity (Wildman–Crippen MR) is 133 cm³/mol. The highest BCUT2D eigenvalue weighted by atomic mass is 32.3. The van der Waals surface area contributed by atoms with E-state index in [1.54, 1.807) is 0 Å². The minimum absolute atomic E-state index is 0.0236. The summed E-state index contributed by atoms with van der Waals surface area (Å²) < 4.78 is 36.5. The van der Waals surface area contributed by atoms with Crippen LogP contribution in [0.1, 0.15) is 92.4 Å². The van der Waals surface area contributed by atoms with Crippen LogP contribution in [0.4, 0.5) is 0 Å². The van der Waals surface area contributed by atoms with Crippen LogP contribution in [0.3, 0.4) is 0 Å². The first-order valence-electron chi connectivity index (χ1n) is 13.3. The van der Waals surface area contributed by atoms with Crippen molar-refractivity contribution < 1.29 is 32.2 Å². The number of rotatable bonds is 7. The van der Waals surface area contributed by atoms with E-state index in [1.807, 2.05) is 20.8 Å². The number of fused-ring (bicyclic) bond motifs is 5. The van der Waals surface area contributed by atoms with Crippen LogP contribution in [0.2, 0.25) is 0 Å². The molecule has 35 heavy (non-hydrogen) atoms. The molecule has 4 rings (SSSR count). The van der Waals surface area contributed by atoms with E-state index in [2.05, 4.69) is 19.9 Å². The molecular formula is C27H44O7S. The lowest BCUT2D eigenvalue weighted by molar-refractivity contribution is -0.131. The molecule has 0 heterocycles. The van der Waals surface area contributed by atoms with Gasteiger partial charge in [0.15, 0.2) is 0 Å². The third kappa shape index (κ3) is 5.02. The van der Waals surface area contributed by atoms with Crippen LogP contribution in [-0.2, 0) is 19.4 Å². The second kappa shape index (κ2) is 9.19. The maximum Gasteiger partial charge on any atom is 0.397 e. The van der Waals surface area contributed by atoms with Crippen LogP contribution in [0.25, 0.3) is 0 Å². The fraction of sp³-hybridized carbons (Fsp3) is 0.889. The van der Waals surface area contributed by atoms with Crippen LogP contribution in [0.15, 0.2) is 11.6 Å². The summed E-state index contributed by atoms with van der Waals surface area (Å²) in [6.07, 6.45) is 6.75. The molecule has 9 atom stereocenters. The largest absolute Gasteiger partial charge is 0.397 e. The molecule has 0 aromatic rings. The van der Waals surface area contributed by atoms with Crippen molar-refractivity contribution in [3.05, 3.63) is 11.6 Å². The summed E-state index contributed by atoms with van der Waals surface area (Å²) in [5.74, 6) is 0.853. The number of ketones is 1. The van der Waals surface area contributed by atoms with E-state index in [-0.39, 0.29) is 46.7 Å². The molecular weight excluding hydrogens is 468 g/mol. The second-order valence-corrected chi connectivity index (χ2v) is 14.2. The molecule has 7 nitrogen and oxygen atoms in total. The minimum Gasteiger partial charge on any atom is -0.393 e. The number of carbonyl (C=O) groups excluding carboxylic acids is 1. The Morgan fingerprint density at radius 3 is 2.51 bits per heavy atom. The number of hydrogen-bond acceptors (Lipinski definition) is 6. The van der Waals surface area contributed by atoms with Gasteiger partial charge >= 0.3 is 10.4 Å². The van der Waals surface area contributed by atoms with E-state index in [4.69, 9.17) is 8.74 Å².